The van der Waals surface area contributed by atoms with E-state index in [1.807, 2.05) is 18.2 Å². The maximum absolute atomic E-state index is 6.51. The second-order valence-electron chi connectivity index (χ2n) is 4.47. The number of rotatable bonds is 1. The first kappa shape index (κ1) is 11.3. The smallest absolute Gasteiger partial charge is 0.0520 e. The Hall–Kier alpha value is -1.79. The summed E-state index contributed by atoms with van der Waals surface area (Å²) in [6.07, 6.45) is 0. The Morgan fingerprint density at radius 2 is 1.50 bits per heavy atom. The molecule has 0 saturated heterocycles. The first-order valence-electron chi connectivity index (χ1n) is 6.00. The fourth-order valence-electron chi connectivity index (χ4n) is 2.35. The number of hydrogen-bond donors (Lipinski definition) is 0. The average Bonchev–Trinajstić information content (AvgIpc) is 2.41. The third kappa shape index (κ3) is 1.79. The standard InChI is InChI=1S/C17H13Cl/c1-12-11-14-9-5-6-10-15(14)16(17(12)18)13-7-3-2-4-8-13/h2-11H,1H3. The number of aryl methyl sites for hydroxylation is 1. The minimum absolute atomic E-state index is 0.847. The number of hydrogen-bond acceptors (Lipinski definition) is 0. The molecule has 0 unspecified atom stereocenters. The Balaban J connectivity index is 2.43. The summed E-state index contributed by atoms with van der Waals surface area (Å²) >= 11 is 6.51. The predicted octanol–water partition coefficient (Wildman–Crippen LogP) is 5.47. The normalized spacial score (nSPS) is 10.8. The van der Waals surface area contributed by atoms with Crippen LogP contribution in [-0.4, -0.2) is 0 Å². The van der Waals surface area contributed by atoms with Gasteiger partial charge in [0.15, 0.2) is 0 Å². The lowest BCUT2D eigenvalue weighted by atomic mass is 9.96. The van der Waals surface area contributed by atoms with Crippen LogP contribution in [0.15, 0.2) is 60.7 Å². The molecule has 0 N–H and O–H groups in total. The van der Waals surface area contributed by atoms with Crippen molar-refractivity contribution >= 4 is 22.4 Å². The molecule has 18 heavy (non-hydrogen) atoms. The van der Waals surface area contributed by atoms with E-state index in [9.17, 15) is 0 Å². The zero-order chi connectivity index (χ0) is 12.5. The minimum atomic E-state index is 0.847. The third-order valence-corrected chi connectivity index (χ3v) is 3.72. The monoisotopic (exact) mass is 252 g/mol. The average molecular weight is 253 g/mol. The van der Waals surface area contributed by atoms with Gasteiger partial charge in [-0.2, -0.15) is 0 Å². The van der Waals surface area contributed by atoms with E-state index < -0.39 is 0 Å². The molecule has 0 aliphatic heterocycles. The van der Waals surface area contributed by atoms with Crippen molar-refractivity contribution in [2.45, 2.75) is 6.92 Å². The zero-order valence-electron chi connectivity index (χ0n) is 10.2. The molecule has 0 aliphatic rings. The molecular formula is C17H13Cl. The first-order valence-corrected chi connectivity index (χ1v) is 6.38. The molecule has 0 amide bonds. The molecule has 0 heterocycles. The van der Waals surface area contributed by atoms with Crippen molar-refractivity contribution in [3.8, 4) is 11.1 Å². The molecule has 0 aliphatic carbocycles. The van der Waals surface area contributed by atoms with E-state index in [-0.39, 0.29) is 0 Å². The van der Waals surface area contributed by atoms with Crippen molar-refractivity contribution in [3.05, 3.63) is 71.2 Å². The summed E-state index contributed by atoms with van der Waals surface area (Å²) in [6, 6.07) is 20.8. The SMILES string of the molecule is Cc1cc2ccccc2c(-c2ccccc2)c1Cl. The molecule has 0 atom stereocenters. The molecule has 3 aromatic rings. The molecule has 88 valence electrons. The topological polar surface area (TPSA) is 0 Å². The van der Waals surface area contributed by atoms with Crippen LogP contribution in [0.25, 0.3) is 21.9 Å². The van der Waals surface area contributed by atoms with E-state index in [0.717, 1.165) is 16.1 Å². The van der Waals surface area contributed by atoms with Crippen molar-refractivity contribution in [2.24, 2.45) is 0 Å². The van der Waals surface area contributed by atoms with Crippen LogP contribution >= 0.6 is 11.6 Å². The molecular weight excluding hydrogens is 240 g/mol. The van der Waals surface area contributed by atoms with Gasteiger partial charge >= 0.3 is 0 Å². The lowest BCUT2D eigenvalue weighted by molar-refractivity contribution is 1.49. The number of halogens is 1. The van der Waals surface area contributed by atoms with Crippen molar-refractivity contribution < 1.29 is 0 Å². The molecule has 0 radical (unpaired) electrons. The number of benzene rings is 3. The quantitative estimate of drug-likeness (QED) is 0.539. The predicted molar refractivity (Wildman–Crippen MR) is 79.1 cm³/mol. The Kier molecular flexibility index (Phi) is 2.81. The van der Waals surface area contributed by atoms with Gasteiger partial charge in [0.05, 0.1) is 5.02 Å². The highest BCUT2D eigenvalue weighted by molar-refractivity contribution is 6.36. The molecule has 0 nitrogen and oxygen atoms in total. The summed E-state index contributed by atoms with van der Waals surface area (Å²) in [5.74, 6) is 0. The summed E-state index contributed by atoms with van der Waals surface area (Å²) in [7, 11) is 0. The highest BCUT2D eigenvalue weighted by Gasteiger charge is 2.10. The van der Waals surface area contributed by atoms with Crippen molar-refractivity contribution in [1.29, 1.82) is 0 Å². The lowest BCUT2D eigenvalue weighted by Gasteiger charge is -2.12. The molecule has 0 spiro atoms. The van der Waals surface area contributed by atoms with E-state index in [1.54, 1.807) is 0 Å². The molecule has 0 fully saturated rings. The van der Waals surface area contributed by atoms with Crippen LogP contribution in [-0.2, 0) is 0 Å². The largest absolute Gasteiger partial charge is 0.0833 e. The Morgan fingerprint density at radius 1 is 0.833 bits per heavy atom. The maximum Gasteiger partial charge on any atom is 0.0520 e. The van der Waals surface area contributed by atoms with E-state index in [2.05, 4.69) is 49.4 Å². The van der Waals surface area contributed by atoms with Crippen LogP contribution in [0.1, 0.15) is 5.56 Å². The fourth-order valence-corrected chi connectivity index (χ4v) is 2.62. The van der Waals surface area contributed by atoms with Crippen molar-refractivity contribution in [1.82, 2.24) is 0 Å². The van der Waals surface area contributed by atoms with Crippen molar-refractivity contribution in [2.75, 3.05) is 0 Å². The van der Waals surface area contributed by atoms with Crippen molar-refractivity contribution in [3.63, 3.8) is 0 Å². The Morgan fingerprint density at radius 3 is 2.28 bits per heavy atom. The molecule has 0 aromatic heterocycles. The number of fused-ring (bicyclic) bond motifs is 1. The summed E-state index contributed by atoms with van der Waals surface area (Å²) in [4.78, 5) is 0. The van der Waals surface area contributed by atoms with Gasteiger partial charge in [-0.05, 0) is 34.9 Å². The van der Waals surface area contributed by atoms with Gasteiger partial charge in [0.1, 0.15) is 0 Å². The van der Waals surface area contributed by atoms with Gasteiger partial charge in [-0.3, -0.25) is 0 Å². The minimum Gasteiger partial charge on any atom is -0.0833 e. The molecule has 3 aromatic carbocycles. The van der Waals surface area contributed by atoms with Crippen LogP contribution in [0.3, 0.4) is 0 Å². The van der Waals surface area contributed by atoms with Crippen LogP contribution in [0, 0.1) is 6.92 Å². The Bertz CT molecular complexity index is 699. The summed E-state index contributed by atoms with van der Waals surface area (Å²) in [5, 5.41) is 3.29. The van der Waals surface area contributed by atoms with Crippen LogP contribution in [0.2, 0.25) is 5.02 Å². The van der Waals surface area contributed by atoms with Gasteiger partial charge in [-0.25, -0.2) is 0 Å². The van der Waals surface area contributed by atoms with Gasteiger partial charge < -0.3 is 0 Å². The molecule has 0 saturated carbocycles. The van der Waals surface area contributed by atoms with E-state index in [0.29, 0.717) is 0 Å². The molecule has 0 bridgehead atoms. The third-order valence-electron chi connectivity index (χ3n) is 3.23. The van der Waals surface area contributed by atoms with Gasteiger partial charge in [0.25, 0.3) is 0 Å². The highest BCUT2D eigenvalue weighted by atomic mass is 35.5. The lowest BCUT2D eigenvalue weighted by Crippen LogP contribution is -1.86. The second-order valence-corrected chi connectivity index (χ2v) is 4.85. The van der Waals surface area contributed by atoms with Gasteiger partial charge in [0.2, 0.25) is 0 Å². The second kappa shape index (κ2) is 4.47. The van der Waals surface area contributed by atoms with Gasteiger partial charge in [-0.1, -0.05) is 66.2 Å². The summed E-state index contributed by atoms with van der Waals surface area (Å²) in [6.45, 7) is 2.06. The van der Waals surface area contributed by atoms with Crippen LogP contribution < -0.4 is 0 Å². The molecule has 1 heteroatoms. The summed E-state index contributed by atoms with van der Waals surface area (Å²) in [5.41, 5.74) is 3.42. The van der Waals surface area contributed by atoms with E-state index in [4.69, 9.17) is 11.6 Å². The van der Waals surface area contributed by atoms with Gasteiger partial charge in [-0.15, -0.1) is 0 Å². The van der Waals surface area contributed by atoms with Crippen LogP contribution in [0.4, 0.5) is 0 Å². The van der Waals surface area contributed by atoms with E-state index in [1.165, 1.54) is 16.3 Å². The highest BCUT2D eigenvalue weighted by Crippen LogP contribution is 2.37. The molecule has 3 rings (SSSR count). The van der Waals surface area contributed by atoms with Gasteiger partial charge in [0, 0.05) is 5.56 Å². The fraction of sp³-hybridized carbons (Fsp3) is 0.0588. The Labute approximate surface area is 112 Å². The van der Waals surface area contributed by atoms with Crippen LogP contribution in [0.5, 0.6) is 0 Å². The maximum atomic E-state index is 6.51. The first-order chi connectivity index (χ1) is 8.77. The summed E-state index contributed by atoms with van der Waals surface area (Å²) < 4.78 is 0. The van der Waals surface area contributed by atoms with E-state index >= 15 is 0 Å². The zero-order valence-corrected chi connectivity index (χ0v) is 10.9.